The van der Waals surface area contributed by atoms with Gasteiger partial charge in [-0.2, -0.15) is 0 Å². The minimum atomic E-state index is -0.299. The van der Waals surface area contributed by atoms with Crippen molar-refractivity contribution in [2.24, 2.45) is 0 Å². The molecular formula is C22H21N5O2. The van der Waals surface area contributed by atoms with Crippen molar-refractivity contribution in [3.05, 3.63) is 64.8 Å². The van der Waals surface area contributed by atoms with Crippen LogP contribution in [0.2, 0.25) is 0 Å². The quantitative estimate of drug-likeness (QED) is 0.586. The van der Waals surface area contributed by atoms with E-state index in [-0.39, 0.29) is 18.0 Å². The van der Waals surface area contributed by atoms with E-state index in [9.17, 15) is 9.59 Å². The zero-order chi connectivity index (χ0) is 19.8. The molecule has 146 valence electrons. The first-order valence-electron chi connectivity index (χ1n) is 9.93. The van der Waals surface area contributed by atoms with Gasteiger partial charge in [-0.25, -0.2) is 9.97 Å². The third-order valence-electron chi connectivity index (χ3n) is 5.45. The number of hydrogen-bond acceptors (Lipinski definition) is 4. The third kappa shape index (κ3) is 3.29. The van der Waals surface area contributed by atoms with Gasteiger partial charge in [0, 0.05) is 18.7 Å². The summed E-state index contributed by atoms with van der Waals surface area (Å²) in [5.74, 6) is 0.861. The summed E-state index contributed by atoms with van der Waals surface area (Å²) in [4.78, 5) is 33.8. The third-order valence-corrected chi connectivity index (χ3v) is 5.45. The van der Waals surface area contributed by atoms with E-state index in [2.05, 4.69) is 14.9 Å². The Morgan fingerprint density at radius 3 is 2.86 bits per heavy atom. The van der Waals surface area contributed by atoms with Gasteiger partial charge >= 0.3 is 0 Å². The second-order valence-electron chi connectivity index (χ2n) is 7.41. The average molecular weight is 387 g/mol. The van der Waals surface area contributed by atoms with Gasteiger partial charge < -0.3 is 9.88 Å². The van der Waals surface area contributed by atoms with Gasteiger partial charge in [-0.15, -0.1) is 0 Å². The normalized spacial score (nSPS) is 13.9. The van der Waals surface area contributed by atoms with Crippen LogP contribution in [0.15, 0.2) is 53.5 Å². The molecule has 1 aliphatic rings. The van der Waals surface area contributed by atoms with Crippen LogP contribution in [0.3, 0.4) is 0 Å². The number of benzene rings is 2. The molecule has 0 saturated heterocycles. The lowest BCUT2D eigenvalue weighted by molar-refractivity contribution is -0.116. The number of fused-ring (bicyclic) bond motifs is 4. The molecule has 0 radical (unpaired) electrons. The molecule has 7 heteroatoms. The van der Waals surface area contributed by atoms with E-state index >= 15 is 0 Å². The second-order valence-corrected chi connectivity index (χ2v) is 7.41. The summed E-state index contributed by atoms with van der Waals surface area (Å²) < 4.78 is 3.73. The first-order valence-corrected chi connectivity index (χ1v) is 9.93. The Bertz CT molecular complexity index is 1290. The van der Waals surface area contributed by atoms with Gasteiger partial charge in [0.15, 0.2) is 0 Å². The predicted molar refractivity (Wildman–Crippen MR) is 112 cm³/mol. The highest BCUT2D eigenvalue weighted by Gasteiger charge is 2.15. The van der Waals surface area contributed by atoms with Crippen LogP contribution in [0.4, 0.5) is 5.69 Å². The minimum absolute atomic E-state index is 0.0698. The van der Waals surface area contributed by atoms with E-state index in [4.69, 9.17) is 4.98 Å². The second kappa shape index (κ2) is 7.16. The highest BCUT2D eigenvalue weighted by molar-refractivity contribution is 5.93. The fraction of sp³-hybridized carbons (Fsp3) is 0.273. The number of nitrogens with zero attached hydrogens (tertiary/aromatic N) is 4. The summed E-state index contributed by atoms with van der Waals surface area (Å²) in [5.41, 5.74) is 3.71. The smallest absolute Gasteiger partial charge is 0.269 e. The van der Waals surface area contributed by atoms with E-state index in [0.717, 1.165) is 29.8 Å². The molecule has 2 aromatic carbocycles. The summed E-state index contributed by atoms with van der Waals surface area (Å²) in [5, 5.41) is 2.90. The Kier molecular flexibility index (Phi) is 4.35. The van der Waals surface area contributed by atoms with Crippen molar-refractivity contribution in [3.63, 3.8) is 0 Å². The van der Waals surface area contributed by atoms with E-state index in [1.54, 1.807) is 6.07 Å². The molecule has 7 nitrogen and oxygen atoms in total. The highest BCUT2D eigenvalue weighted by atomic mass is 16.2. The lowest BCUT2D eigenvalue weighted by Crippen LogP contribution is -2.27. The van der Waals surface area contributed by atoms with E-state index in [1.807, 2.05) is 36.4 Å². The van der Waals surface area contributed by atoms with Crippen LogP contribution in [0.1, 0.15) is 25.1 Å². The molecule has 2 aromatic heterocycles. The number of para-hydroxylation sites is 2. The van der Waals surface area contributed by atoms with E-state index in [1.165, 1.54) is 30.0 Å². The molecular weight excluding hydrogens is 366 g/mol. The molecule has 0 spiro atoms. The number of rotatable bonds is 3. The molecule has 29 heavy (non-hydrogen) atoms. The predicted octanol–water partition coefficient (Wildman–Crippen LogP) is 3.11. The maximum absolute atomic E-state index is 12.6. The lowest BCUT2D eigenvalue weighted by atomic mass is 10.2. The summed E-state index contributed by atoms with van der Waals surface area (Å²) in [6.07, 6.45) is 5.82. The van der Waals surface area contributed by atoms with Crippen LogP contribution in [0.25, 0.3) is 22.1 Å². The summed E-state index contributed by atoms with van der Waals surface area (Å²) >= 11 is 0. The van der Waals surface area contributed by atoms with Crippen molar-refractivity contribution in [2.45, 2.75) is 38.8 Å². The van der Waals surface area contributed by atoms with Gasteiger partial charge in [-0.1, -0.05) is 18.6 Å². The largest absolute Gasteiger partial charge is 0.328 e. The Hall–Kier alpha value is -3.48. The van der Waals surface area contributed by atoms with Crippen molar-refractivity contribution in [1.82, 2.24) is 19.1 Å². The molecule has 0 fully saturated rings. The van der Waals surface area contributed by atoms with Crippen molar-refractivity contribution < 1.29 is 4.79 Å². The van der Waals surface area contributed by atoms with Crippen molar-refractivity contribution in [1.29, 1.82) is 0 Å². The number of aromatic nitrogens is 4. The zero-order valence-corrected chi connectivity index (χ0v) is 16.0. The molecule has 0 saturated carbocycles. The van der Waals surface area contributed by atoms with Crippen LogP contribution in [-0.4, -0.2) is 25.0 Å². The van der Waals surface area contributed by atoms with Crippen molar-refractivity contribution >= 4 is 33.7 Å². The molecule has 4 aromatic rings. The van der Waals surface area contributed by atoms with Gasteiger partial charge in [-0.3, -0.25) is 14.2 Å². The average Bonchev–Trinajstić information content (AvgIpc) is 2.90. The standard InChI is InChI=1S/C22H21N5O2/c28-21(14-27-18-7-4-3-6-16(18)23-13-22(27)29)24-15-9-10-19-17(12-15)25-20-8-2-1-5-11-26(19)20/h3-4,6-7,9-10,12-13H,1-2,5,8,11,14H2,(H,24,28). The molecule has 1 aliphatic heterocycles. The molecule has 0 atom stereocenters. The Balaban J connectivity index is 1.41. The zero-order valence-electron chi connectivity index (χ0n) is 16.0. The number of nitrogens with one attached hydrogen (secondary N) is 1. The molecule has 5 rings (SSSR count). The molecule has 1 N–H and O–H groups in total. The molecule has 1 amide bonds. The van der Waals surface area contributed by atoms with E-state index < -0.39 is 0 Å². The Labute approximate surface area is 167 Å². The van der Waals surface area contributed by atoms with Gasteiger partial charge in [0.05, 0.1) is 28.3 Å². The van der Waals surface area contributed by atoms with Crippen LogP contribution >= 0.6 is 0 Å². The van der Waals surface area contributed by atoms with Gasteiger partial charge in [0.25, 0.3) is 5.56 Å². The van der Waals surface area contributed by atoms with Gasteiger partial charge in [0.2, 0.25) is 5.91 Å². The first kappa shape index (κ1) is 17.6. The first-order chi connectivity index (χ1) is 14.2. The number of carbonyl (C=O) groups is 1. The molecule has 0 bridgehead atoms. The SMILES string of the molecule is O=C(Cn1c(=O)cnc2ccccc21)Nc1ccc2c(c1)nc1n2CCCCC1. The topological polar surface area (TPSA) is 81.8 Å². The van der Waals surface area contributed by atoms with Gasteiger partial charge in [-0.05, 0) is 43.2 Å². The number of amides is 1. The van der Waals surface area contributed by atoms with Crippen LogP contribution in [-0.2, 0) is 24.3 Å². The van der Waals surface area contributed by atoms with Crippen LogP contribution in [0.5, 0.6) is 0 Å². The lowest BCUT2D eigenvalue weighted by Gasteiger charge is -2.10. The number of carbonyl (C=O) groups excluding carboxylic acids is 1. The maximum Gasteiger partial charge on any atom is 0.269 e. The number of anilines is 1. The molecule has 3 heterocycles. The van der Waals surface area contributed by atoms with Gasteiger partial charge in [0.1, 0.15) is 12.4 Å². The minimum Gasteiger partial charge on any atom is -0.328 e. The highest BCUT2D eigenvalue weighted by Crippen LogP contribution is 2.24. The fourth-order valence-corrected chi connectivity index (χ4v) is 4.05. The van der Waals surface area contributed by atoms with Crippen LogP contribution < -0.4 is 10.9 Å². The molecule has 0 unspecified atom stereocenters. The van der Waals surface area contributed by atoms with Crippen molar-refractivity contribution in [2.75, 3.05) is 5.32 Å². The number of hydrogen-bond donors (Lipinski definition) is 1. The van der Waals surface area contributed by atoms with Crippen molar-refractivity contribution in [3.8, 4) is 0 Å². The Morgan fingerprint density at radius 1 is 1.03 bits per heavy atom. The Morgan fingerprint density at radius 2 is 1.93 bits per heavy atom. The maximum atomic E-state index is 12.6. The number of aryl methyl sites for hydroxylation is 2. The summed E-state index contributed by atoms with van der Waals surface area (Å²) in [6.45, 7) is 0.926. The molecule has 0 aliphatic carbocycles. The van der Waals surface area contributed by atoms with E-state index in [0.29, 0.717) is 16.7 Å². The number of imidazole rings is 1. The van der Waals surface area contributed by atoms with Crippen LogP contribution in [0, 0.1) is 0 Å². The fourth-order valence-electron chi connectivity index (χ4n) is 4.05. The monoisotopic (exact) mass is 387 g/mol. The summed E-state index contributed by atoms with van der Waals surface area (Å²) in [6, 6.07) is 13.1. The summed E-state index contributed by atoms with van der Waals surface area (Å²) in [7, 11) is 0.